The molecule has 2 aromatic rings. The molecule has 44 heavy (non-hydrogen) atoms. The van der Waals surface area contributed by atoms with Crippen molar-refractivity contribution in [3.63, 3.8) is 0 Å². The molecule has 2 atom stereocenters. The van der Waals surface area contributed by atoms with Crippen molar-refractivity contribution in [2.24, 2.45) is 0 Å². The summed E-state index contributed by atoms with van der Waals surface area (Å²) in [4.78, 5) is 14.2. The number of benzene rings is 2. The van der Waals surface area contributed by atoms with E-state index in [4.69, 9.17) is 0 Å². The van der Waals surface area contributed by atoms with Gasteiger partial charge in [-0.05, 0) is 67.5 Å². The summed E-state index contributed by atoms with van der Waals surface area (Å²) in [6, 6.07) is 2.62. The predicted molar refractivity (Wildman–Crippen MR) is 140 cm³/mol. The lowest BCUT2D eigenvalue weighted by molar-refractivity contribution is -0.348. The number of sulfone groups is 2. The lowest BCUT2D eigenvalue weighted by Crippen LogP contribution is -2.55. The van der Waals surface area contributed by atoms with Crippen LogP contribution in [0.4, 0.5) is 39.9 Å². The Morgan fingerprint density at radius 2 is 1.50 bits per heavy atom. The lowest BCUT2D eigenvalue weighted by atomic mass is 9.77. The van der Waals surface area contributed by atoms with Gasteiger partial charge in [-0.2, -0.15) is 26.3 Å². The number of nitrogens with one attached hydrogen (secondary N) is 1. The van der Waals surface area contributed by atoms with Crippen LogP contribution in [-0.2, 0) is 36.5 Å². The Morgan fingerprint density at radius 3 is 2.07 bits per heavy atom. The lowest BCUT2D eigenvalue weighted by Gasteiger charge is -2.43. The summed E-state index contributed by atoms with van der Waals surface area (Å²) < 4.78 is 160. The molecule has 2 saturated heterocycles. The van der Waals surface area contributed by atoms with Gasteiger partial charge in [0.05, 0.1) is 22.4 Å². The fraction of sp³-hybridized carbons (Fsp3) is 0.519. The van der Waals surface area contributed by atoms with Gasteiger partial charge in [0.15, 0.2) is 9.84 Å². The smallest absolute Gasteiger partial charge is 0.335 e. The SMILES string of the molecule is O=C(NC1CCS(=O)(=O)CC1)N1CC[C@@]2(S(=O)(=O)c3ccc(F)cc3)c3ccc(C(F)(C(F)(F)F)C(F)(F)F)cc3CC[C@@H]12. The molecule has 2 aromatic carbocycles. The number of likely N-dealkylation sites (tertiary alicyclic amines) is 1. The van der Waals surface area contributed by atoms with Gasteiger partial charge in [-0.3, -0.25) is 0 Å². The third kappa shape index (κ3) is 5.03. The first kappa shape index (κ1) is 32.4. The maximum absolute atomic E-state index is 14.9. The maximum Gasteiger partial charge on any atom is 0.435 e. The molecule has 3 aliphatic rings. The molecule has 0 unspecified atom stereocenters. The van der Waals surface area contributed by atoms with Crippen molar-refractivity contribution in [3.8, 4) is 0 Å². The summed E-state index contributed by atoms with van der Waals surface area (Å²) in [6.07, 6.45) is -13.3. The molecule has 17 heteroatoms. The van der Waals surface area contributed by atoms with E-state index in [-0.39, 0.29) is 67.3 Å². The van der Waals surface area contributed by atoms with E-state index in [1.807, 2.05) is 0 Å². The summed E-state index contributed by atoms with van der Waals surface area (Å²) in [6.45, 7) is -0.193. The predicted octanol–water partition coefficient (Wildman–Crippen LogP) is 5.09. The highest BCUT2D eigenvalue weighted by molar-refractivity contribution is 7.92. The van der Waals surface area contributed by atoms with Crippen LogP contribution in [0.5, 0.6) is 0 Å². The molecule has 0 radical (unpaired) electrons. The highest BCUT2D eigenvalue weighted by Gasteiger charge is 2.74. The van der Waals surface area contributed by atoms with Gasteiger partial charge < -0.3 is 10.2 Å². The standard InChI is InChI=1S/C27H26F8N2O5S2/c28-18-3-5-20(6-4-18)44(41,42)24-11-12-37(23(38)36-19-9-13-43(39,40)14-10-19)22(24)8-1-16-15-17(2-7-21(16)24)25(29,26(30,31)32)27(33,34)35/h2-7,15,19,22H,1,8-14H2,(H,36,38)/t22-,24-/m1/s1. The van der Waals surface area contributed by atoms with Crippen molar-refractivity contribution < 1.29 is 56.8 Å². The van der Waals surface area contributed by atoms with Crippen LogP contribution >= 0.6 is 0 Å². The van der Waals surface area contributed by atoms with E-state index in [1.165, 1.54) is 4.90 Å². The highest BCUT2D eigenvalue weighted by atomic mass is 32.2. The zero-order valence-corrected chi connectivity index (χ0v) is 24.3. The van der Waals surface area contributed by atoms with Gasteiger partial charge in [-0.25, -0.2) is 30.4 Å². The van der Waals surface area contributed by atoms with Crippen molar-refractivity contribution in [2.75, 3.05) is 18.1 Å². The van der Waals surface area contributed by atoms with E-state index in [0.717, 1.165) is 30.3 Å². The minimum atomic E-state index is -6.38. The molecule has 5 rings (SSSR count). The Morgan fingerprint density at radius 1 is 0.909 bits per heavy atom. The zero-order chi connectivity index (χ0) is 32.5. The van der Waals surface area contributed by atoms with Gasteiger partial charge >= 0.3 is 24.1 Å². The largest absolute Gasteiger partial charge is 0.435 e. The number of carbonyl (C=O) groups is 1. The van der Waals surface area contributed by atoms with E-state index < -0.39 is 76.8 Å². The average molecular weight is 675 g/mol. The first-order valence-corrected chi connectivity index (χ1v) is 16.8. The van der Waals surface area contributed by atoms with E-state index in [2.05, 4.69) is 5.32 Å². The molecule has 1 aliphatic carbocycles. The van der Waals surface area contributed by atoms with Crippen LogP contribution in [-0.4, -0.2) is 70.3 Å². The topological polar surface area (TPSA) is 101 Å². The van der Waals surface area contributed by atoms with Crippen LogP contribution in [0.15, 0.2) is 47.4 Å². The van der Waals surface area contributed by atoms with Gasteiger partial charge in [-0.1, -0.05) is 18.2 Å². The Bertz CT molecular complexity index is 1650. The molecule has 0 spiro atoms. The number of carbonyl (C=O) groups excluding carboxylic acids is 1. The molecular weight excluding hydrogens is 648 g/mol. The number of hydrogen-bond donors (Lipinski definition) is 1. The molecule has 2 amide bonds. The Balaban J connectivity index is 1.60. The number of urea groups is 1. The van der Waals surface area contributed by atoms with E-state index in [9.17, 15) is 56.8 Å². The number of amides is 2. The van der Waals surface area contributed by atoms with Crippen molar-refractivity contribution in [1.29, 1.82) is 0 Å². The quantitative estimate of drug-likeness (QED) is 0.360. The number of hydrogen-bond acceptors (Lipinski definition) is 5. The average Bonchev–Trinajstić information content (AvgIpc) is 3.34. The Hall–Kier alpha value is -2.95. The van der Waals surface area contributed by atoms with Crippen molar-refractivity contribution in [1.82, 2.24) is 10.2 Å². The van der Waals surface area contributed by atoms with Crippen LogP contribution in [0.2, 0.25) is 0 Å². The summed E-state index contributed by atoms with van der Waals surface area (Å²) in [5, 5.41) is 2.71. The second kappa shape index (κ2) is 10.6. The number of aryl methyl sites for hydroxylation is 1. The number of fused-ring (bicyclic) bond motifs is 3. The van der Waals surface area contributed by atoms with Gasteiger partial charge in [0.2, 0.25) is 0 Å². The fourth-order valence-corrected chi connectivity index (χ4v) is 10.4. The third-order valence-corrected chi connectivity index (χ3v) is 13.1. The molecule has 242 valence electrons. The fourth-order valence-electron chi connectivity index (χ4n) is 6.59. The van der Waals surface area contributed by atoms with Gasteiger partial charge in [0, 0.05) is 18.2 Å². The summed E-state index contributed by atoms with van der Waals surface area (Å²) in [7, 11) is -7.87. The molecule has 0 saturated carbocycles. The second-order valence-corrected chi connectivity index (χ2v) is 15.8. The summed E-state index contributed by atoms with van der Waals surface area (Å²) >= 11 is 0. The van der Waals surface area contributed by atoms with E-state index >= 15 is 0 Å². The van der Waals surface area contributed by atoms with Crippen molar-refractivity contribution in [3.05, 3.63) is 65.0 Å². The third-order valence-electron chi connectivity index (χ3n) is 8.81. The summed E-state index contributed by atoms with van der Waals surface area (Å²) in [5.74, 6) is -1.09. The van der Waals surface area contributed by atoms with Crippen LogP contribution in [0.3, 0.4) is 0 Å². The minimum absolute atomic E-state index is 0.126. The normalized spacial score (nSPS) is 24.5. The number of nitrogens with zero attached hydrogens (tertiary/aromatic N) is 1. The van der Waals surface area contributed by atoms with Gasteiger partial charge in [0.1, 0.15) is 20.4 Å². The van der Waals surface area contributed by atoms with Gasteiger partial charge in [-0.15, -0.1) is 0 Å². The van der Waals surface area contributed by atoms with E-state index in [1.54, 1.807) is 0 Å². The van der Waals surface area contributed by atoms with Gasteiger partial charge in [0.25, 0.3) is 0 Å². The Kier molecular flexibility index (Phi) is 7.79. The zero-order valence-electron chi connectivity index (χ0n) is 22.7. The van der Waals surface area contributed by atoms with Crippen LogP contribution in [0, 0.1) is 5.82 Å². The van der Waals surface area contributed by atoms with Crippen LogP contribution < -0.4 is 5.32 Å². The monoisotopic (exact) mass is 674 g/mol. The highest BCUT2D eigenvalue weighted by Crippen LogP contribution is 2.56. The van der Waals surface area contributed by atoms with Crippen LogP contribution in [0.1, 0.15) is 42.4 Å². The maximum atomic E-state index is 14.9. The molecule has 7 nitrogen and oxygen atoms in total. The number of halogens is 8. The number of rotatable bonds is 4. The molecular formula is C27H26F8N2O5S2. The number of alkyl halides is 7. The minimum Gasteiger partial charge on any atom is -0.335 e. The molecule has 2 heterocycles. The van der Waals surface area contributed by atoms with E-state index in [0.29, 0.717) is 6.07 Å². The Labute approximate surface area is 247 Å². The first-order chi connectivity index (χ1) is 20.2. The summed E-state index contributed by atoms with van der Waals surface area (Å²) in [5.41, 5.74) is -7.94. The molecule has 2 aliphatic heterocycles. The molecule has 1 N–H and O–H groups in total. The molecule has 0 bridgehead atoms. The van der Waals surface area contributed by atoms with Crippen molar-refractivity contribution in [2.45, 2.75) is 71.9 Å². The molecule has 0 aromatic heterocycles. The van der Waals surface area contributed by atoms with Crippen molar-refractivity contribution >= 4 is 25.7 Å². The first-order valence-electron chi connectivity index (χ1n) is 13.5. The molecule has 2 fully saturated rings. The second-order valence-electron chi connectivity index (χ2n) is 11.2. The van der Waals surface area contributed by atoms with Crippen LogP contribution in [0.25, 0.3) is 0 Å².